The number of nitrogens with zero attached hydrogens (tertiary/aromatic N) is 3. The average Bonchev–Trinajstić information content (AvgIpc) is 3.01. The van der Waals surface area contributed by atoms with Crippen LogP contribution in [-0.4, -0.2) is 23.2 Å². The molecule has 0 unspecified atom stereocenters. The molecule has 118 valence electrons. The normalized spacial score (nSPS) is 11.4. The fourth-order valence-corrected chi connectivity index (χ4v) is 3.24. The number of para-hydroxylation sites is 2. The lowest BCUT2D eigenvalue weighted by molar-refractivity contribution is 0.521. The van der Waals surface area contributed by atoms with E-state index in [9.17, 15) is 17.2 Å². The van der Waals surface area contributed by atoms with Gasteiger partial charge in [-0.3, -0.25) is 4.72 Å². The molecular weight excluding hydrogens is 326 g/mol. The van der Waals surface area contributed by atoms with E-state index in [2.05, 4.69) is 14.8 Å². The number of anilines is 1. The number of rotatable bonds is 4. The summed E-state index contributed by atoms with van der Waals surface area (Å²) >= 11 is 0. The van der Waals surface area contributed by atoms with Gasteiger partial charge in [0.05, 0.1) is 11.4 Å². The van der Waals surface area contributed by atoms with Crippen LogP contribution in [0.4, 0.5) is 14.5 Å². The zero-order valence-electron chi connectivity index (χ0n) is 11.5. The number of benzene rings is 2. The summed E-state index contributed by atoms with van der Waals surface area (Å²) in [6.45, 7) is 0. The molecule has 1 heterocycles. The SMILES string of the molecule is O=S(=O)(Nc1ccccc1-n1cncn1)c1c(F)cccc1F. The summed E-state index contributed by atoms with van der Waals surface area (Å²) in [4.78, 5) is 2.74. The summed E-state index contributed by atoms with van der Waals surface area (Å²) < 4.78 is 55.6. The first-order valence-electron chi connectivity index (χ1n) is 6.40. The molecule has 0 saturated heterocycles. The van der Waals surface area contributed by atoms with Gasteiger partial charge < -0.3 is 0 Å². The Morgan fingerprint density at radius 3 is 2.35 bits per heavy atom. The van der Waals surface area contributed by atoms with Crippen LogP contribution in [0.15, 0.2) is 60.0 Å². The van der Waals surface area contributed by atoms with Gasteiger partial charge in [0.15, 0.2) is 4.90 Å². The van der Waals surface area contributed by atoms with Crippen molar-refractivity contribution in [2.45, 2.75) is 4.90 Å². The zero-order chi connectivity index (χ0) is 16.4. The van der Waals surface area contributed by atoms with Crippen LogP contribution in [0, 0.1) is 11.6 Å². The molecule has 2 aromatic carbocycles. The molecular formula is C14H10F2N4O2S. The fraction of sp³-hybridized carbons (Fsp3) is 0. The van der Waals surface area contributed by atoms with E-state index in [0.29, 0.717) is 5.69 Å². The number of hydrogen-bond donors (Lipinski definition) is 1. The number of halogens is 2. The van der Waals surface area contributed by atoms with Crippen LogP contribution >= 0.6 is 0 Å². The molecule has 1 aromatic heterocycles. The quantitative estimate of drug-likeness (QED) is 0.793. The van der Waals surface area contributed by atoms with Crippen molar-refractivity contribution in [3.05, 3.63) is 66.8 Å². The lowest BCUT2D eigenvalue weighted by Gasteiger charge is -2.13. The van der Waals surface area contributed by atoms with Gasteiger partial charge in [0.2, 0.25) is 0 Å². The fourth-order valence-electron chi connectivity index (χ4n) is 2.03. The first kappa shape index (κ1) is 15.1. The predicted molar refractivity (Wildman–Crippen MR) is 78.5 cm³/mol. The Balaban J connectivity index is 2.06. The van der Waals surface area contributed by atoms with Gasteiger partial charge in [-0.25, -0.2) is 26.9 Å². The minimum Gasteiger partial charge on any atom is -0.277 e. The summed E-state index contributed by atoms with van der Waals surface area (Å²) in [7, 11) is -4.45. The lowest BCUT2D eigenvalue weighted by atomic mass is 10.3. The molecule has 0 bridgehead atoms. The molecule has 0 aliphatic heterocycles. The molecule has 0 atom stereocenters. The highest BCUT2D eigenvalue weighted by molar-refractivity contribution is 7.92. The summed E-state index contributed by atoms with van der Waals surface area (Å²) in [6, 6.07) is 9.13. The molecule has 0 saturated carbocycles. The first-order valence-corrected chi connectivity index (χ1v) is 7.88. The Morgan fingerprint density at radius 2 is 1.70 bits per heavy atom. The van der Waals surface area contributed by atoms with Gasteiger partial charge in [-0.1, -0.05) is 18.2 Å². The second-order valence-electron chi connectivity index (χ2n) is 4.51. The second kappa shape index (κ2) is 5.76. The lowest BCUT2D eigenvalue weighted by Crippen LogP contribution is -2.17. The number of hydrogen-bond acceptors (Lipinski definition) is 4. The van der Waals surface area contributed by atoms with E-state index in [4.69, 9.17) is 0 Å². The van der Waals surface area contributed by atoms with Gasteiger partial charge in [0.25, 0.3) is 10.0 Å². The van der Waals surface area contributed by atoms with Gasteiger partial charge in [0.1, 0.15) is 24.3 Å². The Kier molecular flexibility index (Phi) is 3.78. The maximum atomic E-state index is 13.7. The second-order valence-corrected chi connectivity index (χ2v) is 6.13. The van der Waals surface area contributed by atoms with E-state index in [1.807, 2.05) is 0 Å². The maximum absolute atomic E-state index is 13.7. The summed E-state index contributed by atoms with van der Waals surface area (Å²) in [6.07, 6.45) is 2.65. The third-order valence-corrected chi connectivity index (χ3v) is 4.42. The number of nitrogens with one attached hydrogen (secondary N) is 1. The molecule has 0 amide bonds. The molecule has 3 rings (SSSR count). The third kappa shape index (κ3) is 2.90. The molecule has 23 heavy (non-hydrogen) atoms. The van der Waals surface area contributed by atoms with Crippen LogP contribution in [0.5, 0.6) is 0 Å². The molecule has 0 aliphatic rings. The minimum atomic E-state index is -4.45. The zero-order valence-corrected chi connectivity index (χ0v) is 12.3. The number of aromatic nitrogens is 3. The number of sulfonamides is 1. The van der Waals surface area contributed by atoms with Gasteiger partial charge in [0, 0.05) is 0 Å². The topological polar surface area (TPSA) is 76.9 Å². The van der Waals surface area contributed by atoms with E-state index in [-0.39, 0.29) is 5.69 Å². The largest absolute Gasteiger partial charge is 0.277 e. The van der Waals surface area contributed by atoms with Crippen LogP contribution in [-0.2, 0) is 10.0 Å². The highest BCUT2D eigenvalue weighted by Crippen LogP contribution is 2.25. The van der Waals surface area contributed by atoms with Crippen molar-refractivity contribution in [1.29, 1.82) is 0 Å². The van der Waals surface area contributed by atoms with Gasteiger partial charge in [-0.05, 0) is 24.3 Å². The van der Waals surface area contributed by atoms with Gasteiger partial charge in [-0.2, -0.15) is 5.10 Å². The Morgan fingerprint density at radius 1 is 1.00 bits per heavy atom. The molecule has 0 radical (unpaired) electrons. The van der Waals surface area contributed by atoms with Crippen molar-refractivity contribution in [1.82, 2.24) is 14.8 Å². The van der Waals surface area contributed by atoms with E-state index in [1.54, 1.807) is 18.2 Å². The molecule has 6 nitrogen and oxygen atoms in total. The van der Waals surface area contributed by atoms with Gasteiger partial charge in [-0.15, -0.1) is 0 Å². The molecule has 3 aromatic rings. The van der Waals surface area contributed by atoms with Crippen LogP contribution in [0.25, 0.3) is 5.69 Å². The monoisotopic (exact) mass is 336 g/mol. The highest BCUT2D eigenvalue weighted by Gasteiger charge is 2.24. The third-order valence-electron chi connectivity index (χ3n) is 3.00. The van der Waals surface area contributed by atoms with Crippen molar-refractivity contribution < 1.29 is 17.2 Å². The van der Waals surface area contributed by atoms with Crippen LogP contribution in [0.1, 0.15) is 0 Å². The van der Waals surface area contributed by atoms with Crippen molar-refractivity contribution in [2.75, 3.05) is 4.72 Å². The minimum absolute atomic E-state index is 0.112. The van der Waals surface area contributed by atoms with E-state index in [1.165, 1.54) is 23.4 Å². The Labute approximate surface area is 130 Å². The molecule has 9 heteroatoms. The van der Waals surface area contributed by atoms with Crippen LogP contribution < -0.4 is 4.72 Å². The maximum Gasteiger partial charge on any atom is 0.267 e. The standard InChI is InChI=1S/C14H10F2N4O2S/c15-10-4-3-5-11(16)14(10)23(21,22)19-12-6-1-2-7-13(12)20-9-17-8-18-20/h1-9,19H. The van der Waals surface area contributed by atoms with Gasteiger partial charge >= 0.3 is 0 Å². The summed E-state index contributed by atoms with van der Waals surface area (Å²) in [5, 5.41) is 3.91. The Bertz CT molecular complexity index is 923. The molecule has 0 fully saturated rings. The molecule has 0 spiro atoms. The van der Waals surface area contributed by atoms with E-state index < -0.39 is 26.6 Å². The van der Waals surface area contributed by atoms with Crippen molar-refractivity contribution in [3.63, 3.8) is 0 Å². The molecule has 0 aliphatic carbocycles. The molecule has 1 N–H and O–H groups in total. The average molecular weight is 336 g/mol. The first-order chi connectivity index (χ1) is 11.0. The van der Waals surface area contributed by atoms with E-state index in [0.717, 1.165) is 18.2 Å². The van der Waals surface area contributed by atoms with Crippen molar-refractivity contribution >= 4 is 15.7 Å². The Hall–Kier alpha value is -2.81. The van der Waals surface area contributed by atoms with Crippen molar-refractivity contribution in [3.8, 4) is 5.69 Å². The summed E-state index contributed by atoms with van der Waals surface area (Å²) in [5.41, 5.74) is 0.478. The van der Waals surface area contributed by atoms with Crippen LogP contribution in [0.2, 0.25) is 0 Å². The smallest absolute Gasteiger partial charge is 0.267 e. The highest BCUT2D eigenvalue weighted by atomic mass is 32.2. The summed E-state index contributed by atoms with van der Waals surface area (Å²) in [5.74, 6) is -2.34. The predicted octanol–water partition coefficient (Wildman–Crippen LogP) is 2.35. The van der Waals surface area contributed by atoms with E-state index >= 15 is 0 Å². The van der Waals surface area contributed by atoms with Crippen molar-refractivity contribution in [2.24, 2.45) is 0 Å². The van der Waals surface area contributed by atoms with Crippen LogP contribution in [0.3, 0.4) is 0 Å².